The molecule has 6 heteroatoms. The van der Waals surface area contributed by atoms with Crippen LogP contribution in [0.3, 0.4) is 0 Å². The number of nitrogens with zero attached hydrogens (tertiary/aromatic N) is 2. The highest BCUT2D eigenvalue weighted by Gasteiger charge is 2.21. The van der Waals surface area contributed by atoms with E-state index in [9.17, 15) is 4.79 Å². The standard InChI is InChI=1S/C21H24N4O2/c1-13(2)15-4-3-5-16(12-15)23-20-18-17(6-9-22-21(18)26)24-19(25-20)14-7-10-27-11-8-14/h3-6,9,12-14H,7-8,10-11H2,1-2H3,(H,22,26)(H,23,24,25). The minimum absolute atomic E-state index is 0.187. The SMILES string of the molecule is CC(C)c1cccc(Nc2nc(C3CCOCC3)nc3cc[nH]c(=O)c23)c1. The average molecular weight is 364 g/mol. The smallest absolute Gasteiger partial charge is 0.261 e. The van der Waals surface area contributed by atoms with Crippen LogP contribution < -0.4 is 10.9 Å². The molecule has 0 unspecified atom stereocenters. The molecule has 0 amide bonds. The van der Waals surface area contributed by atoms with E-state index in [0.29, 0.717) is 22.6 Å². The molecule has 0 aliphatic carbocycles. The third-order valence-corrected chi connectivity index (χ3v) is 5.04. The first-order chi connectivity index (χ1) is 13.1. The van der Waals surface area contributed by atoms with Gasteiger partial charge in [0.25, 0.3) is 5.56 Å². The number of aromatic amines is 1. The lowest BCUT2D eigenvalue weighted by molar-refractivity contribution is 0.0837. The Labute approximate surface area is 158 Å². The van der Waals surface area contributed by atoms with Crippen molar-refractivity contribution in [3.8, 4) is 0 Å². The summed E-state index contributed by atoms with van der Waals surface area (Å²) < 4.78 is 5.46. The third-order valence-electron chi connectivity index (χ3n) is 5.04. The number of ether oxygens (including phenoxy) is 1. The minimum atomic E-state index is -0.187. The maximum atomic E-state index is 12.5. The highest BCUT2D eigenvalue weighted by molar-refractivity contribution is 5.89. The monoisotopic (exact) mass is 364 g/mol. The van der Waals surface area contributed by atoms with E-state index in [1.54, 1.807) is 6.20 Å². The fourth-order valence-corrected chi connectivity index (χ4v) is 3.45. The Morgan fingerprint density at radius 2 is 2.00 bits per heavy atom. The van der Waals surface area contributed by atoms with Gasteiger partial charge in [0.15, 0.2) is 0 Å². The van der Waals surface area contributed by atoms with Gasteiger partial charge in [-0.05, 0) is 42.5 Å². The maximum Gasteiger partial charge on any atom is 0.261 e. The molecule has 27 heavy (non-hydrogen) atoms. The molecule has 0 radical (unpaired) electrons. The summed E-state index contributed by atoms with van der Waals surface area (Å²) in [6, 6.07) is 10.0. The first-order valence-corrected chi connectivity index (χ1v) is 9.46. The Morgan fingerprint density at radius 3 is 2.78 bits per heavy atom. The summed E-state index contributed by atoms with van der Waals surface area (Å²) in [5.41, 5.74) is 2.63. The van der Waals surface area contributed by atoms with Gasteiger partial charge >= 0.3 is 0 Å². The molecular formula is C21H24N4O2. The molecule has 6 nitrogen and oxygen atoms in total. The molecule has 3 heterocycles. The second-order valence-electron chi connectivity index (χ2n) is 7.29. The molecule has 1 aliphatic heterocycles. The van der Waals surface area contributed by atoms with Gasteiger partial charge in [-0.2, -0.15) is 0 Å². The van der Waals surface area contributed by atoms with Crippen LogP contribution >= 0.6 is 0 Å². The molecule has 0 bridgehead atoms. The predicted octanol–water partition coefficient (Wildman–Crippen LogP) is 4.08. The van der Waals surface area contributed by atoms with Crippen molar-refractivity contribution in [1.29, 1.82) is 0 Å². The van der Waals surface area contributed by atoms with Crippen molar-refractivity contribution in [2.75, 3.05) is 18.5 Å². The summed E-state index contributed by atoms with van der Waals surface area (Å²) in [5, 5.41) is 3.85. The summed E-state index contributed by atoms with van der Waals surface area (Å²) in [5.74, 6) is 2.02. The fraction of sp³-hybridized carbons (Fsp3) is 0.381. The van der Waals surface area contributed by atoms with Gasteiger partial charge in [-0.25, -0.2) is 9.97 Å². The third kappa shape index (κ3) is 3.71. The molecule has 0 atom stereocenters. The quantitative estimate of drug-likeness (QED) is 0.729. The zero-order valence-electron chi connectivity index (χ0n) is 15.7. The number of rotatable bonds is 4. The highest BCUT2D eigenvalue weighted by atomic mass is 16.5. The molecule has 2 N–H and O–H groups in total. The molecular weight excluding hydrogens is 340 g/mol. The number of aromatic nitrogens is 3. The van der Waals surface area contributed by atoms with Crippen LogP contribution in [-0.4, -0.2) is 28.2 Å². The van der Waals surface area contributed by atoms with Gasteiger partial charge in [0, 0.05) is 31.0 Å². The van der Waals surface area contributed by atoms with Crippen molar-refractivity contribution in [2.45, 2.75) is 38.5 Å². The largest absolute Gasteiger partial charge is 0.381 e. The maximum absolute atomic E-state index is 12.5. The van der Waals surface area contributed by atoms with E-state index in [-0.39, 0.29) is 11.5 Å². The van der Waals surface area contributed by atoms with E-state index in [1.807, 2.05) is 18.2 Å². The minimum Gasteiger partial charge on any atom is -0.381 e. The van der Waals surface area contributed by atoms with Crippen molar-refractivity contribution < 1.29 is 4.74 Å². The molecule has 0 spiro atoms. The van der Waals surface area contributed by atoms with E-state index >= 15 is 0 Å². The topological polar surface area (TPSA) is 79.9 Å². The predicted molar refractivity (Wildman–Crippen MR) is 107 cm³/mol. The van der Waals surface area contributed by atoms with Gasteiger partial charge in [0.2, 0.25) is 0 Å². The first-order valence-electron chi connectivity index (χ1n) is 9.46. The first kappa shape index (κ1) is 17.7. The molecule has 0 saturated carbocycles. The van der Waals surface area contributed by atoms with Crippen LogP contribution in [-0.2, 0) is 4.74 Å². The zero-order valence-corrected chi connectivity index (χ0v) is 15.7. The summed E-state index contributed by atoms with van der Waals surface area (Å²) >= 11 is 0. The van der Waals surface area contributed by atoms with Crippen LogP contribution in [0.25, 0.3) is 10.9 Å². The molecule has 1 saturated heterocycles. The molecule has 1 aromatic carbocycles. The number of pyridine rings is 1. The van der Waals surface area contributed by atoms with E-state index < -0.39 is 0 Å². The van der Waals surface area contributed by atoms with Crippen LogP contribution in [0.5, 0.6) is 0 Å². The van der Waals surface area contributed by atoms with Crippen molar-refractivity contribution in [2.24, 2.45) is 0 Å². The van der Waals surface area contributed by atoms with E-state index in [0.717, 1.165) is 37.6 Å². The Bertz CT molecular complexity index is 1010. The average Bonchev–Trinajstić information content (AvgIpc) is 2.68. The number of nitrogens with one attached hydrogen (secondary N) is 2. The zero-order chi connectivity index (χ0) is 18.8. The van der Waals surface area contributed by atoms with Crippen molar-refractivity contribution >= 4 is 22.4 Å². The van der Waals surface area contributed by atoms with E-state index in [4.69, 9.17) is 9.72 Å². The lowest BCUT2D eigenvalue weighted by atomic mass is 9.99. The lowest BCUT2D eigenvalue weighted by Crippen LogP contribution is -2.18. The van der Waals surface area contributed by atoms with Gasteiger partial charge in [0.1, 0.15) is 17.0 Å². The number of hydrogen-bond donors (Lipinski definition) is 2. The summed E-state index contributed by atoms with van der Waals surface area (Å²) in [6.07, 6.45) is 3.43. The molecule has 2 aromatic heterocycles. The Balaban J connectivity index is 1.80. The highest BCUT2D eigenvalue weighted by Crippen LogP contribution is 2.29. The van der Waals surface area contributed by atoms with Gasteiger partial charge in [-0.3, -0.25) is 4.79 Å². The molecule has 3 aromatic rings. The Morgan fingerprint density at radius 1 is 1.19 bits per heavy atom. The van der Waals surface area contributed by atoms with Crippen LogP contribution in [0.4, 0.5) is 11.5 Å². The second-order valence-corrected chi connectivity index (χ2v) is 7.29. The molecule has 140 valence electrons. The van der Waals surface area contributed by atoms with E-state index in [1.165, 1.54) is 5.56 Å². The van der Waals surface area contributed by atoms with Crippen LogP contribution in [0, 0.1) is 0 Å². The normalized spacial score (nSPS) is 15.4. The summed E-state index contributed by atoms with van der Waals surface area (Å²) in [7, 11) is 0. The van der Waals surface area contributed by atoms with Crippen molar-refractivity contribution in [1.82, 2.24) is 15.0 Å². The number of H-pyrrole nitrogens is 1. The fourth-order valence-electron chi connectivity index (χ4n) is 3.45. The summed E-state index contributed by atoms with van der Waals surface area (Å²) in [4.78, 5) is 24.6. The Kier molecular flexibility index (Phi) is 4.90. The van der Waals surface area contributed by atoms with Crippen LogP contribution in [0.1, 0.15) is 49.9 Å². The van der Waals surface area contributed by atoms with Gasteiger partial charge in [-0.1, -0.05) is 26.0 Å². The van der Waals surface area contributed by atoms with Crippen molar-refractivity contribution in [3.63, 3.8) is 0 Å². The van der Waals surface area contributed by atoms with Gasteiger partial charge < -0.3 is 15.0 Å². The van der Waals surface area contributed by atoms with Gasteiger partial charge in [0.05, 0.1) is 5.52 Å². The van der Waals surface area contributed by atoms with Crippen molar-refractivity contribution in [3.05, 3.63) is 58.3 Å². The molecule has 1 fully saturated rings. The summed E-state index contributed by atoms with van der Waals surface area (Å²) in [6.45, 7) is 5.77. The number of benzene rings is 1. The number of fused-ring (bicyclic) bond motifs is 1. The second kappa shape index (κ2) is 7.48. The lowest BCUT2D eigenvalue weighted by Gasteiger charge is -2.21. The Hall–Kier alpha value is -2.73. The molecule has 4 rings (SSSR count). The van der Waals surface area contributed by atoms with Gasteiger partial charge in [-0.15, -0.1) is 0 Å². The molecule has 1 aliphatic rings. The van der Waals surface area contributed by atoms with Crippen LogP contribution in [0.15, 0.2) is 41.3 Å². The van der Waals surface area contributed by atoms with E-state index in [2.05, 4.69) is 41.3 Å². The number of anilines is 2. The number of hydrogen-bond acceptors (Lipinski definition) is 5. The van der Waals surface area contributed by atoms with Crippen LogP contribution in [0.2, 0.25) is 0 Å².